The van der Waals surface area contributed by atoms with Crippen LogP contribution in [0.2, 0.25) is 0 Å². The van der Waals surface area contributed by atoms with Gasteiger partial charge in [0.2, 0.25) is 0 Å². The summed E-state index contributed by atoms with van der Waals surface area (Å²) >= 11 is 0. The lowest BCUT2D eigenvalue weighted by atomic mass is 10.1. The number of carboxylic acids is 1. The smallest absolute Gasteiger partial charge is 0.404 e. The van der Waals surface area contributed by atoms with Crippen LogP contribution in [0.25, 0.3) is 0 Å². The molecule has 1 amide bonds. The number of phenols is 1. The second-order valence-corrected chi connectivity index (χ2v) is 4.91. The molecule has 7 nitrogen and oxygen atoms in total. The summed E-state index contributed by atoms with van der Waals surface area (Å²) in [4.78, 5) is 20.6. The first-order valence-electron chi connectivity index (χ1n) is 7.11. The van der Waals surface area contributed by atoms with Crippen molar-refractivity contribution >= 4 is 12.1 Å². The SMILES string of the molecule is NC(=O)OCc1ccccc1.NC(Cc1ccc(O)cc1)C(=O)O. The molecule has 0 saturated heterocycles. The third-order valence-corrected chi connectivity index (χ3v) is 2.93. The normalized spacial score (nSPS) is 10.9. The topological polar surface area (TPSA) is 136 Å². The third kappa shape index (κ3) is 7.81. The van der Waals surface area contributed by atoms with Crippen molar-refractivity contribution in [1.82, 2.24) is 0 Å². The maximum absolute atomic E-state index is 10.4. The van der Waals surface area contributed by atoms with Gasteiger partial charge in [0.25, 0.3) is 0 Å². The summed E-state index contributed by atoms with van der Waals surface area (Å²) in [5.74, 6) is -0.860. The summed E-state index contributed by atoms with van der Waals surface area (Å²) < 4.78 is 4.57. The first kappa shape index (κ1) is 19.0. The predicted octanol–water partition coefficient (Wildman–Crippen LogP) is 1.63. The molecule has 0 aliphatic carbocycles. The number of amides is 1. The van der Waals surface area contributed by atoms with Crippen LogP contribution in [0.3, 0.4) is 0 Å². The van der Waals surface area contributed by atoms with Gasteiger partial charge in [-0.25, -0.2) is 4.79 Å². The minimum Gasteiger partial charge on any atom is -0.508 e. The Bertz CT molecular complexity index is 644. The molecule has 0 fully saturated rings. The fourth-order valence-corrected chi connectivity index (χ4v) is 1.70. The second kappa shape index (κ2) is 9.86. The van der Waals surface area contributed by atoms with Crippen LogP contribution in [0.4, 0.5) is 4.79 Å². The van der Waals surface area contributed by atoms with Gasteiger partial charge in [-0.3, -0.25) is 4.79 Å². The van der Waals surface area contributed by atoms with Crippen molar-refractivity contribution in [3.05, 3.63) is 65.7 Å². The van der Waals surface area contributed by atoms with E-state index in [0.717, 1.165) is 11.1 Å². The fourth-order valence-electron chi connectivity index (χ4n) is 1.70. The van der Waals surface area contributed by atoms with E-state index < -0.39 is 18.1 Å². The van der Waals surface area contributed by atoms with Crippen LogP contribution >= 0.6 is 0 Å². The van der Waals surface area contributed by atoms with Gasteiger partial charge >= 0.3 is 12.1 Å². The van der Waals surface area contributed by atoms with Gasteiger partial charge in [-0.2, -0.15) is 0 Å². The molecule has 24 heavy (non-hydrogen) atoms. The molecule has 0 aromatic heterocycles. The number of rotatable bonds is 5. The van der Waals surface area contributed by atoms with E-state index >= 15 is 0 Å². The molecule has 0 bridgehead atoms. The summed E-state index contributed by atoms with van der Waals surface area (Å²) in [5.41, 5.74) is 11.8. The van der Waals surface area contributed by atoms with Gasteiger partial charge in [-0.1, -0.05) is 42.5 Å². The number of ether oxygens (including phenoxy) is 1. The van der Waals surface area contributed by atoms with Crippen molar-refractivity contribution in [2.45, 2.75) is 19.1 Å². The number of hydrogen-bond acceptors (Lipinski definition) is 5. The first-order chi connectivity index (χ1) is 11.4. The van der Waals surface area contributed by atoms with E-state index in [2.05, 4.69) is 4.74 Å². The van der Waals surface area contributed by atoms with Crippen LogP contribution in [-0.4, -0.2) is 28.3 Å². The highest BCUT2D eigenvalue weighted by Crippen LogP contribution is 2.10. The van der Waals surface area contributed by atoms with E-state index in [-0.39, 0.29) is 18.8 Å². The Labute approximate surface area is 139 Å². The van der Waals surface area contributed by atoms with Crippen molar-refractivity contribution in [3.63, 3.8) is 0 Å². The summed E-state index contributed by atoms with van der Waals surface area (Å²) in [5, 5.41) is 17.5. The lowest BCUT2D eigenvalue weighted by molar-refractivity contribution is -0.138. The molecule has 0 saturated carbocycles. The van der Waals surface area contributed by atoms with Gasteiger partial charge in [0, 0.05) is 0 Å². The molecule has 128 valence electrons. The van der Waals surface area contributed by atoms with Crippen molar-refractivity contribution in [2.75, 3.05) is 0 Å². The number of phenolic OH excluding ortho intramolecular Hbond substituents is 1. The molecule has 2 rings (SSSR count). The number of aromatic hydroxyl groups is 1. The van der Waals surface area contributed by atoms with Gasteiger partial charge < -0.3 is 26.4 Å². The molecule has 1 atom stereocenters. The number of aliphatic carboxylic acids is 1. The number of carbonyl (C=O) groups excluding carboxylic acids is 1. The van der Waals surface area contributed by atoms with E-state index in [1.807, 2.05) is 30.3 Å². The Kier molecular flexibility index (Phi) is 7.80. The van der Waals surface area contributed by atoms with Crippen molar-refractivity contribution in [3.8, 4) is 5.75 Å². The summed E-state index contributed by atoms with van der Waals surface area (Å²) in [6.45, 7) is 0.246. The van der Waals surface area contributed by atoms with Crippen molar-refractivity contribution < 1.29 is 24.5 Å². The zero-order chi connectivity index (χ0) is 17.9. The molecule has 2 aromatic carbocycles. The van der Waals surface area contributed by atoms with Crippen LogP contribution in [-0.2, 0) is 22.6 Å². The Morgan fingerprint density at radius 2 is 1.58 bits per heavy atom. The van der Waals surface area contributed by atoms with Gasteiger partial charge in [-0.15, -0.1) is 0 Å². The minimum absolute atomic E-state index is 0.160. The highest BCUT2D eigenvalue weighted by Gasteiger charge is 2.11. The first-order valence-corrected chi connectivity index (χ1v) is 7.11. The summed E-state index contributed by atoms with van der Waals surface area (Å²) in [6, 6.07) is 14.8. The highest BCUT2D eigenvalue weighted by atomic mass is 16.5. The summed E-state index contributed by atoms with van der Waals surface area (Å²) in [6.07, 6.45) is -0.468. The van der Waals surface area contributed by atoms with E-state index in [1.54, 1.807) is 12.1 Å². The number of benzene rings is 2. The predicted molar refractivity (Wildman–Crippen MR) is 88.2 cm³/mol. The number of carboxylic acid groups (broad SMARTS) is 1. The molecule has 0 aliphatic rings. The third-order valence-electron chi connectivity index (χ3n) is 2.93. The van der Waals surface area contributed by atoms with Crippen molar-refractivity contribution in [1.29, 1.82) is 0 Å². The van der Waals surface area contributed by atoms with Gasteiger partial charge in [-0.05, 0) is 29.7 Å². The molecule has 1 unspecified atom stereocenters. The fraction of sp³-hybridized carbons (Fsp3) is 0.176. The highest BCUT2D eigenvalue weighted by molar-refractivity contribution is 5.73. The molecule has 0 radical (unpaired) electrons. The molecule has 2 aromatic rings. The number of carbonyl (C=O) groups is 2. The van der Waals surface area contributed by atoms with Gasteiger partial charge in [0.1, 0.15) is 18.4 Å². The van der Waals surface area contributed by atoms with Crippen LogP contribution in [0.15, 0.2) is 54.6 Å². The Balaban J connectivity index is 0.000000243. The summed E-state index contributed by atoms with van der Waals surface area (Å²) in [7, 11) is 0. The maximum atomic E-state index is 10.4. The average molecular weight is 332 g/mol. The van der Waals surface area contributed by atoms with Gasteiger partial charge in [0.15, 0.2) is 0 Å². The zero-order valence-electron chi connectivity index (χ0n) is 13.0. The minimum atomic E-state index is -1.02. The number of hydrogen-bond donors (Lipinski definition) is 4. The average Bonchev–Trinajstić information content (AvgIpc) is 2.56. The van der Waals surface area contributed by atoms with E-state index in [1.165, 1.54) is 12.1 Å². The molecular weight excluding hydrogens is 312 g/mol. The van der Waals surface area contributed by atoms with Crippen LogP contribution in [0.5, 0.6) is 5.75 Å². The number of nitrogens with two attached hydrogens (primary N) is 2. The van der Waals surface area contributed by atoms with Crippen LogP contribution in [0, 0.1) is 0 Å². The van der Waals surface area contributed by atoms with Crippen LogP contribution < -0.4 is 11.5 Å². The zero-order valence-corrected chi connectivity index (χ0v) is 13.0. The van der Waals surface area contributed by atoms with Gasteiger partial charge in [0.05, 0.1) is 0 Å². The maximum Gasteiger partial charge on any atom is 0.404 e. The molecule has 0 spiro atoms. The molecule has 0 aliphatic heterocycles. The van der Waals surface area contributed by atoms with Crippen LogP contribution in [0.1, 0.15) is 11.1 Å². The van der Waals surface area contributed by atoms with E-state index in [0.29, 0.717) is 0 Å². The van der Waals surface area contributed by atoms with E-state index in [9.17, 15) is 9.59 Å². The van der Waals surface area contributed by atoms with E-state index in [4.69, 9.17) is 21.7 Å². The Morgan fingerprint density at radius 3 is 2.08 bits per heavy atom. The largest absolute Gasteiger partial charge is 0.508 e. The second-order valence-electron chi connectivity index (χ2n) is 4.91. The standard InChI is InChI=1S/C9H11NO3.C8H9NO2/c10-8(9(12)13)5-6-1-3-7(11)4-2-6;9-8(10)11-6-7-4-2-1-3-5-7/h1-4,8,11H,5,10H2,(H,12,13);1-5H,6H2,(H2,9,10). The lowest BCUT2D eigenvalue weighted by Gasteiger charge is -2.05. The Morgan fingerprint density at radius 1 is 1.00 bits per heavy atom. The lowest BCUT2D eigenvalue weighted by Crippen LogP contribution is -2.32. The number of primary amides is 1. The monoisotopic (exact) mass is 332 g/mol. The molecule has 7 heteroatoms. The molecular formula is C17H20N2O5. The molecule has 6 N–H and O–H groups in total. The van der Waals surface area contributed by atoms with Crippen molar-refractivity contribution in [2.24, 2.45) is 11.5 Å². The Hall–Kier alpha value is -3.06. The quantitative estimate of drug-likeness (QED) is 0.657. The molecule has 0 heterocycles.